The van der Waals surface area contributed by atoms with Crippen LogP contribution in [0.5, 0.6) is 0 Å². The number of hydrogen-bond donors (Lipinski definition) is 1. The summed E-state index contributed by atoms with van der Waals surface area (Å²) < 4.78 is 0. The van der Waals surface area contributed by atoms with E-state index in [1.807, 2.05) is 0 Å². The molecule has 4 heteroatoms. The van der Waals surface area contributed by atoms with E-state index in [-0.39, 0.29) is 48.0 Å². The van der Waals surface area contributed by atoms with E-state index < -0.39 is 0 Å². The average molecular weight is 459 g/mol. The smallest absolute Gasteiger partial charge is 0.107 e. The van der Waals surface area contributed by atoms with Crippen molar-refractivity contribution in [1.82, 2.24) is 0 Å². The third-order valence-electron chi connectivity index (χ3n) is 2.58. The summed E-state index contributed by atoms with van der Waals surface area (Å²) in [6, 6.07) is 0. The third kappa shape index (κ3) is 15.8. The van der Waals surface area contributed by atoms with E-state index in [0.717, 1.165) is 0 Å². The molecule has 0 heterocycles. The summed E-state index contributed by atoms with van der Waals surface area (Å²) in [6.45, 7) is 8.54. The molecule has 0 aliphatic heterocycles. The molecule has 1 N–H and O–H groups in total. The first-order valence-electron chi connectivity index (χ1n) is 5.58. The van der Waals surface area contributed by atoms with Crippen molar-refractivity contribution in [1.29, 1.82) is 0 Å². The van der Waals surface area contributed by atoms with Crippen molar-refractivity contribution >= 4 is 10.9 Å². The molecule has 0 aliphatic rings. The quantitative estimate of drug-likeness (QED) is 0.211. The number of rotatable bonds is 8. The average Bonchev–Trinajstić information content (AvgIpc) is 2.11. The Labute approximate surface area is 134 Å². The van der Waals surface area contributed by atoms with Gasteiger partial charge in [0, 0.05) is 0 Å². The molecule has 0 radical (unpaired) electrons. The summed E-state index contributed by atoms with van der Waals surface area (Å²) >= 11 is 0. The minimum absolute atomic E-state index is 0. The first-order valence-corrected chi connectivity index (χ1v) is 7.79. The molecule has 0 aliphatic carbocycles. The topological polar surface area (TPSA) is 4.44 Å². The highest BCUT2D eigenvalue weighted by Gasteiger charge is 2.04. The first-order chi connectivity index (χ1) is 6.20. The van der Waals surface area contributed by atoms with Gasteiger partial charge in [-0.05, 0) is 44.0 Å². The second-order valence-corrected chi connectivity index (χ2v) is 6.34. The summed E-state index contributed by atoms with van der Waals surface area (Å²) in [5.41, 5.74) is 0. The Morgan fingerprint density at radius 3 is 1.80 bits per heavy atom. The lowest BCUT2D eigenvalue weighted by Crippen LogP contribution is -3.11. The molecule has 0 saturated heterocycles. The molecular formula is C11H27I2NS. The molecular weight excluding hydrogens is 432 g/mol. The SMILES string of the molecule is CC[NH+](CC)CCCCC[S+](C)C.[I-].[I-]. The van der Waals surface area contributed by atoms with Gasteiger partial charge in [-0.3, -0.25) is 0 Å². The van der Waals surface area contributed by atoms with E-state index in [2.05, 4.69) is 26.4 Å². The fraction of sp³-hybridized carbons (Fsp3) is 1.00. The molecule has 0 atom stereocenters. The maximum atomic E-state index is 2.34. The summed E-state index contributed by atoms with van der Waals surface area (Å²) in [5, 5.41) is 0. The van der Waals surface area contributed by atoms with E-state index >= 15 is 0 Å². The molecule has 0 bridgehead atoms. The van der Waals surface area contributed by atoms with Crippen LogP contribution in [0.2, 0.25) is 0 Å². The molecule has 0 aromatic heterocycles. The van der Waals surface area contributed by atoms with Gasteiger partial charge in [-0.25, -0.2) is 0 Å². The highest BCUT2D eigenvalue weighted by Crippen LogP contribution is 1.96. The highest BCUT2D eigenvalue weighted by atomic mass is 127. The van der Waals surface area contributed by atoms with Gasteiger partial charge in [-0.2, -0.15) is 0 Å². The number of quaternary nitrogens is 1. The van der Waals surface area contributed by atoms with Crippen molar-refractivity contribution in [3.63, 3.8) is 0 Å². The van der Waals surface area contributed by atoms with Gasteiger partial charge in [-0.15, -0.1) is 0 Å². The monoisotopic (exact) mass is 459 g/mol. The van der Waals surface area contributed by atoms with Gasteiger partial charge in [0.15, 0.2) is 0 Å². The summed E-state index contributed by atoms with van der Waals surface area (Å²) in [7, 11) is 0.660. The standard InChI is InChI=1S/C11H26NS.2HI/c1-5-12(6-2)10-8-7-9-11-13(3)4;;/h5-11H2,1-4H3;2*1H/q+1;;/p-1. The van der Waals surface area contributed by atoms with Crippen LogP contribution in [0.15, 0.2) is 0 Å². The largest absolute Gasteiger partial charge is 1.00 e. The minimum Gasteiger partial charge on any atom is -1.00 e. The van der Waals surface area contributed by atoms with Crippen LogP contribution in [-0.2, 0) is 10.9 Å². The highest BCUT2D eigenvalue weighted by molar-refractivity contribution is 7.95. The Bertz CT molecular complexity index is 109. The number of nitrogens with one attached hydrogen (secondary N) is 1. The van der Waals surface area contributed by atoms with Crippen molar-refractivity contribution in [2.45, 2.75) is 33.1 Å². The third-order valence-corrected chi connectivity index (χ3v) is 3.69. The molecule has 0 spiro atoms. The van der Waals surface area contributed by atoms with Gasteiger partial charge in [0.2, 0.25) is 0 Å². The van der Waals surface area contributed by atoms with Gasteiger partial charge in [0.25, 0.3) is 0 Å². The lowest BCUT2D eigenvalue weighted by molar-refractivity contribution is -0.896. The molecule has 0 aromatic rings. The minimum atomic E-state index is 0. The second kappa shape index (κ2) is 15.8. The van der Waals surface area contributed by atoms with E-state index in [0.29, 0.717) is 10.9 Å². The van der Waals surface area contributed by atoms with Crippen LogP contribution in [0.1, 0.15) is 33.1 Å². The molecule has 0 saturated carbocycles. The summed E-state index contributed by atoms with van der Waals surface area (Å²) in [6.07, 6.45) is 8.99. The van der Waals surface area contributed by atoms with Gasteiger partial charge in [0.1, 0.15) is 5.75 Å². The van der Waals surface area contributed by atoms with E-state index in [1.54, 1.807) is 4.90 Å². The van der Waals surface area contributed by atoms with Crippen LogP contribution in [-0.4, -0.2) is 37.9 Å². The lowest BCUT2D eigenvalue weighted by atomic mass is 10.2. The second-order valence-electron chi connectivity index (χ2n) is 3.96. The number of hydrogen-bond acceptors (Lipinski definition) is 0. The summed E-state index contributed by atoms with van der Waals surface area (Å²) in [5.74, 6) is 1.44. The fourth-order valence-corrected chi connectivity index (χ4v) is 2.33. The van der Waals surface area contributed by atoms with Crippen LogP contribution in [0.25, 0.3) is 0 Å². The zero-order valence-electron chi connectivity index (χ0n) is 10.6. The number of halogens is 2. The molecule has 96 valence electrons. The molecule has 0 aromatic carbocycles. The van der Waals surface area contributed by atoms with Crippen LogP contribution in [0, 0.1) is 0 Å². The van der Waals surface area contributed by atoms with Crippen LogP contribution in [0.4, 0.5) is 0 Å². The molecule has 0 amide bonds. The zero-order valence-corrected chi connectivity index (χ0v) is 15.7. The normalized spacial score (nSPS) is 10.0. The van der Waals surface area contributed by atoms with E-state index in [4.69, 9.17) is 0 Å². The van der Waals surface area contributed by atoms with Gasteiger partial charge >= 0.3 is 0 Å². The van der Waals surface area contributed by atoms with Crippen molar-refractivity contribution in [3.05, 3.63) is 0 Å². The maximum absolute atomic E-state index is 2.34. The molecule has 1 nitrogen and oxygen atoms in total. The van der Waals surface area contributed by atoms with Crippen LogP contribution >= 0.6 is 0 Å². The van der Waals surface area contributed by atoms with Crippen molar-refractivity contribution < 1.29 is 52.9 Å². The molecule has 0 fully saturated rings. The van der Waals surface area contributed by atoms with Crippen LogP contribution in [0.3, 0.4) is 0 Å². The Morgan fingerprint density at radius 1 is 0.867 bits per heavy atom. The number of unbranched alkanes of at least 4 members (excludes halogenated alkanes) is 2. The fourth-order valence-electron chi connectivity index (χ4n) is 1.55. The molecule has 15 heavy (non-hydrogen) atoms. The van der Waals surface area contributed by atoms with Crippen LogP contribution < -0.4 is 52.9 Å². The predicted octanol–water partition coefficient (Wildman–Crippen LogP) is -5.03. The van der Waals surface area contributed by atoms with Crippen molar-refractivity contribution in [3.8, 4) is 0 Å². The zero-order chi connectivity index (χ0) is 10.1. The predicted molar refractivity (Wildman–Crippen MR) is 64.8 cm³/mol. The Hall–Kier alpha value is 1.77. The van der Waals surface area contributed by atoms with E-state index in [9.17, 15) is 0 Å². The Kier molecular flexibility index (Phi) is 23.1. The van der Waals surface area contributed by atoms with Crippen molar-refractivity contribution in [2.24, 2.45) is 0 Å². The lowest BCUT2D eigenvalue weighted by Gasteiger charge is -2.14. The van der Waals surface area contributed by atoms with Crippen molar-refractivity contribution in [2.75, 3.05) is 37.9 Å². The van der Waals surface area contributed by atoms with Gasteiger partial charge in [0.05, 0.1) is 32.1 Å². The Morgan fingerprint density at radius 2 is 1.40 bits per heavy atom. The van der Waals surface area contributed by atoms with Gasteiger partial charge in [-0.1, -0.05) is 0 Å². The first kappa shape index (κ1) is 22.0. The van der Waals surface area contributed by atoms with E-state index in [1.165, 1.54) is 44.6 Å². The van der Waals surface area contributed by atoms with Gasteiger partial charge < -0.3 is 52.9 Å². The maximum Gasteiger partial charge on any atom is 0.107 e. The Balaban J connectivity index is -0.000000720. The molecule has 0 unspecified atom stereocenters. The molecule has 0 rings (SSSR count). The summed E-state index contributed by atoms with van der Waals surface area (Å²) in [4.78, 5) is 1.76.